The lowest BCUT2D eigenvalue weighted by atomic mass is 9.92. The molecule has 0 aliphatic heterocycles. The highest BCUT2D eigenvalue weighted by Gasteiger charge is 2.25. The van der Waals surface area contributed by atoms with Crippen molar-refractivity contribution in [3.05, 3.63) is 32.6 Å². The van der Waals surface area contributed by atoms with Gasteiger partial charge in [0.2, 0.25) is 0 Å². The number of H-pyrrole nitrogens is 1. The maximum absolute atomic E-state index is 11.6. The van der Waals surface area contributed by atoms with Crippen LogP contribution < -0.4 is 11.2 Å². The molecule has 2 N–H and O–H groups in total. The fourth-order valence-electron chi connectivity index (χ4n) is 2.23. The van der Waals surface area contributed by atoms with Crippen LogP contribution in [0.1, 0.15) is 37.3 Å². The molecular weight excluding hydrogens is 222 g/mol. The average Bonchev–Trinajstić information content (AvgIpc) is 2.31. The topological polar surface area (TPSA) is 98.9 Å². The van der Waals surface area contributed by atoms with Gasteiger partial charge in [0.15, 0.2) is 0 Å². The summed E-state index contributed by atoms with van der Waals surface area (Å²) in [7, 11) is 0. The zero-order valence-electron chi connectivity index (χ0n) is 9.22. The number of rotatable bonds is 1. The summed E-state index contributed by atoms with van der Waals surface area (Å²) in [5.41, 5.74) is -1.36. The first-order chi connectivity index (χ1) is 8.13. The monoisotopic (exact) mass is 235 g/mol. The summed E-state index contributed by atoms with van der Waals surface area (Å²) in [5, 5.41) is 18.6. The summed E-state index contributed by atoms with van der Waals surface area (Å²) in [6.07, 6.45) is 3.81. The number of aromatic amines is 1. The van der Waals surface area contributed by atoms with E-state index in [1.165, 1.54) is 10.8 Å². The molecule has 0 spiro atoms. The maximum atomic E-state index is 11.6. The van der Waals surface area contributed by atoms with Crippen molar-refractivity contribution in [3.8, 4) is 6.07 Å². The van der Waals surface area contributed by atoms with Crippen molar-refractivity contribution in [2.24, 2.45) is 0 Å². The fraction of sp³-hybridized carbons (Fsp3) is 0.545. The molecule has 0 amide bonds. The van der Waals surface area contributed by atoms with Crippen molar-refractivity contribution in [3.63, 3.8) is 0 Å². The van der Waals surface area contributed by atoms with Crippen molar-refractivity contribution in [1.29, 1.82) is 5.26 Å². The number of nitriles is 1. The van der Waals surface area contributed by atoms with Crippen LogP contribution in [0.3, 0.4) is 0 Å². The molecule has 17 heavy (non-hydrogen) atoms. The third-order valence-electron chi connectivity index (χ3n) is 3.14. The molecule has 1 saturated carbocycles. The van der Waals surface area contributed by atoms with E-state index in [-0.39, 0.29) is 11.6 Å². The minimum atomic E-state index is -0.681. The fourth-order valence-corrected chi connectivity index (χ4v) is 2.23. The van der Waals surface area contributed by atoms with E-state index in [2.05, 4.69) is 4.98 Å². The van der Waals surface area contributed by atoms with E-state index in [0.717, 1.165) is 12.8 Å². The van der Waals surface area contributed by atoms with Crippen LogP contribution in [-0.4, -0.2) is 20.8 Å². The molecule has 90 valence electrons. The van der Waals surface area contributed by atoms with Gasteiger partial charge in [-0.2, -0.15) is 5.26 Å². The van der Waals surface area contributed by atoms with Crippen molar-refractivity contribution >= 4 is 0 Å². The van der Waals surface area contributed by atoms with Crippen LogP contribution in [0, 0.1) is 11.3 Å². The molecule has 1 aliphatic rings. The zero-order valence-corrected chi connectivity index (χ0v) is 9.22. The molecule has 1 aromatic heterocycles. The first-order valence-electron chi connectivity index (χ1n) is 5.57. The van der Waals surface area contributed by atoms with Gasteiger partial charge in [-0.25, -0.2) is 4.79 Å². The summed E-state index contributed by atoms with van der Waals surface area (Å²) < 4.78 is 1.27. The van der Waals surface area contributed by atoms with Gasteiger partial charge in [-0.3, -0.25) is 14.3 Å². The maximum Gasteiger partial charge on any atom is 0.328 e. The molecule has 1 fully saturated rings. The van der Waals surface area contributed by atoms with Crippen LogP contribution >= 0.6 is 0 Å². The summed E-state index contributed by atoms with van der Waals surface area (Å²) in [5.74, 6) is 0. The Bertz CT molecular complexity index is 567. The summed E-state index contributed by atoms with van der Waals surface area (Å²) in [6, 6.07) is 1.38. The molecule has 2 rings (SSSR count). The Morgan fingerprint density at radius 3 is 2.76 bits per heavy atom. The van der Waals surface area contributed by atoms with E-state index in [0.29, 0.717) is 12.8 Å². The van der Waals surface area contributed by atoms with Gasteiger partial charge in [-0.1, -0.05) is 12.8 Å². The molecule has 0 saturated heterocycles. The number of aromatic nitrogens is 2. The standard InChI is InChI=1S/C11H13N3O3/c12-5-7-6-14(11(17)13-10(7)16)8-3-1-2-4-9(8)15/h6,8-9,15H,1-4H2,(H,13,16,17)/t8-,9+/m0/s1. The van der Waals surface area contributed by atoms with Gasteiger partial charge in [-0.05, 0) is 12.8 Å². The predicted octanol–water partition coefficient (Wildman–Crippen LogP) is -0.116. The van der Waals surface area contributed by atoms with Gasteiger partial charge in [0.1, 0.15) is 11.6 Å². The summed E-state index contributed by atoms with van der Waals surface area (Å²) in [6.45, 7) is 0. The minimum absolute atomic E-state index is 0.109. The van der Waals surface area contributed by atoms with Crippen molar-refractivity contribution in [1.82, 2.24) is 9.55 Å². The third kappa shape index (κ3) is 2.15. The van der Waals surface area contributed by atoms with Crippen LogP contribution in [-0.2, 0) is 0 Å². The smallest absolute Gasteiger partial charge is 0.328 e. The van der Waals surface area contributed by atoms with Crippen LogP contribution in [0.15, 0.2) is 15.8 Å². The Morgan fingerprint density at radius 1 is 1.41 bits per heavy atom. The molecular formula is C11H13N3O3. The molecule has 0 unspecified atom stereocenters. The van der Waals surface area contributed by atoms with Gasteiger partial charge >= 0.3 is 5.69 Å². The van der Waals surface area contributed by atoms with Crippen LogP contribution in [0.2, 0.25) is 0 Å². The SMILES string of the molecule is N#Cc1cn([C@H]2CCCC[C@H]2O)c(=O)[nH]c1=O. The first kappa shape index (κ1) is 11.6. The highest BCUT2D eigenvalue weighted by atomic mass is 16.3. The zero-order chi connectivity index (χ0) is 12.4. The molecule has 0 aromatic carbocycles. The van der Waals surface area contributed by atoms with E-state index >= 15 is 0 Å². The van der Waals surface area contributed by atoms with Crippen LogP contribution in [0.25, 0.3) is 0 Å². The van der Waals surface area contributed by atoms with Crippen LogP contribution in [0.5, 0.6) is 0 Å². The van der Waals surface area contributed by atoms with E-state index in [9.17, 15) is 14.7 Å². The quantitative estimate of drug-likeness (QED) is 0.709. The molecule has 6 nitrogen and oxygen atoms in total. The van der Waals surface area contributed by atoms with Crippen molar-refractivity contribution in [2.45, 2.75) is 37.8 Å². The summed E-state index contributed by atoms with van der Waals surface area (Å²) >= 11 is 0. The average molecular weight is 235 g/mol. The Labute approximate surface area is 97.1 Å². The summed E-state index contributed by atoms with van der Waals surface area (Å²) in [4.78, 5) is 25.0. The Balaban J connectivity index is 2.48. The van der Waals surface area contributed by atoms with E-state index < -0.39 is 17.4 Å². The molecule has 0 radical (unpaired) electrons. The minimum Gasteiger partial charge on any atom is -0.391 e. The number of aliphatic hydroxyl groups is 1. The largest absolute Gasteiger partial charge is 0.391 e. The van der Waals surface area contributed by atoms with Crippen LogP contribution in [0.4, 0.5) is 0 Å². The highest BCUT2D eigenvalue weighted by Crippen LogP contribution is 2.27. The van der Waals surface area contributed by atoms with E-state index in [4.69, 9.17) is 5.26 Å². The number of nitrogens with zero attached hydrogens (tertiary/aromatic N) is 2. The Morgan fingerprint density at radius 2 is 2.12 bits per heavy atom. The number of nitrogens with one attached hydrogen (secondary N) is 1. The van der Waals surface area contributed by atoms with Gasteiger partial charge in [0.25, 0.3) is 5.56 Å². The lowest BCUT2D eigenvalue weighted by Crippen LogP contribution is -2.38. The second-order valence-corrected chi connectivity index (χ2v) is 4.24. The Kier molecular flexibility index (Phi) is 3.11. The second-order valence-electron chi connectivity index (χ2n) is 4.24. The predicted molar refractivity (Wildman–Crippen MR) is 59.5 cm³/mol. The van der Waals surface area contributed by atoms with Gasteiger partial charge in [0, 0.05) is 6.20 Å². The second kappa shape index (κ2) is 4.55. The number of hydrogen-bond acceptors (Lipinski definition) is 4. The lowest BCUT2D eigenvalue weighted by Gasteiger charge is -2.28. The van der Waals surface area contributed by atoms with E-state index in [1.54, 1.807) is 6.07 Å². The molecule has 6 heteroatoms. The van der Waals surface area contributed by atoms with E-state index in [1.807, 2.05) is 0 Å². The third-order valence-corrected chi connectivity index (χ3v) is 3.14. The number of aliphatic hydroxyl groups excluding tert-OH is 1. The first-order valence-corrected chi connectivity index (χ1v) is 5.57. The van der Waals surface area contributed by atoms with Gasteiger partial charge in [0.05, 0.1) is 12.1 Å². The molecule has 2 atom stereocenters. The number of hydrogen-bond donors (Lipinski definition) is 2. The van der Waals surface area contributed by atoms with Gasteiger partial charge < -0.3 is 5.11 Å². The van der Waals surface area contributed by atoms with Gasteiger partial charge in [-0.15, -0.1) is 0 Å². The van der Waals surface area contributed by atoms with Crippen molar-refractivity contribution in [2.75, 3.05) is 0 Å². The molecule has 1 heterocycles. The lowest BCUT2D eigenvalue weighted by molar-refractivity contribution is 0.0729. The Hall–Kier alpha value is -1.87. The highest BCUT2D eigenvalue weighted by molar-refractivity contribution is 5.22. The van der Waals surface area contributed by atoms with Crippen molar-refractivity contribution < 1.29 is 5.11 Å². The normalized spacial score (nSPS) is 24.2. The molecule has 1 aromatic rings. The molecule has 0 bridgehead atoms. The molecule has 1 aliphatic carbocycles.